The molecule has 8 nitrogen and oxygen atoms in total. The Kier molecular flexibility index (Phi) is 6.49. The lowest BCUT2D eigenvalue weighted by atomic mass is 9.88. The predicted molar refractivity (Wildman–Crippen MR) is 94.8 cm³/mol. The fourth-order valence-corrected chi connectivity index (χ4v) is 3.16. The first kappa shape index (κ1) is 20.3. The molecule has 1 aromatic carbocycles. The van der Waals surface area contributed by atoms with Gasteiger partial charge < -0.3 is 5.32 Å². The van der Waals surface area contributed by atoms with Crippen LogP contribution in [0.4, 0.5) is 9.18 Å². The van der Waals surface area contributed by atoms with E-state index >= 15 is 0 Å². The fraction of sp³-hybridized carbons (Fsp3) is 0.444. The van der Waals surface area contributed by atoms with E-state index in [0.717, 1.165) is 11.0 Å². The number of urea groups is 1. The lowest BCUT2D eigenvalue weighted by Gasteiger charge is -2.25. The maximum absolute atomic E-state index is 13.5. The molecule has 146 valence electrons. The number of carbonyl (C=O) groups is 4. The molecule has 9 heteroatoms. The van der Waals surface area contributed by atoms with E-state index in [4.69, 9.17) is 0 Å². The third kappa shape index (κ3) is 4.42. The second-order valence-corrected chi connectivity index (χ2v) is 6.39. The number of carbonyl (C=O) groups excluding carboxylic acids is 4. The Morgan fingerprint density at radius 2 is 1.74 bits per heavy atom. The Hall–Kier alpha value is -2.97. The SMILES string of the molecule is CCCC1(CCC)NC(=O)N(CC(=O)NNC(=O)c2ccccc2F)C1=O. The van der Waals surface area contributed by atoms with E-state index in [1.807, 2.05) is 13.8 Å². The molecule has 1 aliphatic heterocycles. The average Bonchev–Trinajstić information content (AvgIpc) is 2.85. The van der Waals surface area contributed by atoms with Crippen molar-refractivity contribution in [3.63, 3.8) is 0 Å². The highest BCUT2D eigenvalue weighted by Gasteiger charge is 2.50. The number of imide groups is 1. The molecule has 5 amide bonds. The van der Waals surface area contributed by atoms with E-state index in [0.29, 0.717) is 25.7 Å². The summed E-state index contributed by atoms with van der Waals surface area (Å²) in [7, 11) is 0. The zero-order chi connectivity index (χ0) is 20.0. The number of nitrogens with one attached hydrogen (secondary N) is 3. The molecule has 27 heavy (non-hydrogen) atoms. The van der Waals surface area contributed by atoms with E-state index in [-0.39, 0.29) is 5.56 Å². The summed E-state index contributed by atoms with van der Waals surface area (Å²) >= 11 is 0. The summed E-state index contributed by atoms with van der Waals surface area (Å²) in [6.07, 6.45) is 2.36. The zero-order valence-electron chi connectivity index (χ0n) is 15.3. The van der Waals surface area contributed by atoms with Gasteiger partial charge in [-0.15, -0.1) is 0 Å². The van der Waals surface area contributed by atoms with Crippen LogP contribution >= 0.6 is 0 Å². The van der Waals surface area contributed by atoms with Crippen LogP contribution in [-0.4, -0.2) is 40.7 Å². The highest BCUT2D eigenvalue weighted by molar-refractivity contribution is 6.09. The summed E-state index contributed by atoms with van der Waals surface area (Å²) < 4.78 is 13.5. The molecule has 0 aromatic heterocycles. The van der Waals surface area contributed by atoms with Gasteiger partial charge in [0.2, 0.25) is 0 Å². The molecule has 0 spiro atoms. The number of hydrogen-bond acceptors (Lipinski definition) is 4. The van der Waals surface area contributed by atoms with Gasteiger partial charge in [-0.25, -0.2) is 9.18 Å². The van der Waals surface area contributed by atoms with Crippen LogP contribution in [0.2, 0.25) is 0 Å². The number of amides is 5. The first-order chi connectivity index (χ1) is 12.8. The van der Waals surface area contributed by atoms with Crippen LogP contribution < -0.4 is 16.2 Å². The smallest absolute Gasteiger partial charge is 0.323 e. The number of halogens is 1. The standard InChI is InChI=1S/C18H23FN4O4/c1-3-9-18(10-4-2)16(26)23(17(27)20-18)11-14(24)21-22-15(25)12-7-5-6-8-13(12)19/h5-8H,3-4,9-11H2,1-2H3,(H,20,27)(H,21,24)(H,22,25). The van der Waals surface area contributed by atoms with Gasteiger partial charge in [-0.1, -0.05) is 38.8 Å². The molecule has 2 rings (SSSR count). The maximum atomic E-state index is 13.5. The third-order valence-electron chi connectivity index (χ3n) is 4.34. The van der Waals surface area contributed by atoms with E-state index < -0.39 is 41.7 Å². The molecule has 1 saturated heterocycles. The summed E-state index contributed by atoms with van der Waals surface area (Å²) in [6.45, 7) is 3.27. The Labute approximate surface area is 156 Å². The molecule has 3 N–H and O–H groups in total. The fourth-order valence-electron chi connectivity index (χ4n) is 3.16. The summed E-state index contributed by atoms with van der Waals surface area (Å²) in [5.74, 6) is -2.80. The average molecular weight is 378 g/mol. The van der Waals surface area contributed by atoms with Crippen molar-refractivity contribution in [2.24, 2.45) is 0 Å². The maximum Gasteiger partial charge on any atom is 0.325 e. The summed E-state index contributed by atoms with van der Waals surface area (Å²) in [5, 5.41) is 2.69. The van der Waals surface area contributed by atoms with Gasteiger partial charge in [-0.05, 0) is 25.0 Å². The van der Waals surface area contributed by atoms with Crippen LogP contribution in [0.5, 0.6) is 0 Å². The van der Waals surface area contributed by atoms with Gasteiger partial charge in [0.05, 0.1) is 5.56 Å². The predicted octanol–water partition coefficient (Wildman–Crippen LogP) is 1.48. The second kappa shape index (κ2) is 8.61. The number of rotatable bonds is 7. The Morgan fingerprint density at radius 3 is 2.33 bits per heavy atom. The summed E-state index contributed by atoms with van der Waals surface area (Å²) in [6, 6.07) is 4.65. The zero-order valence-corrected chi connectivity index (χ0v) is 15.3. The van der Waals surface area contributed by atoms with E-state index in [2.05, 4.69) is 16.2 Å². The normalized spacial score (nSPS) is 15.4. The Bertz CT molecular complexity index is 747. The molecule has 1 heterocycles. The number of hydrogen-bond donors (Lipinski definition) is 3. The molecule has 0 bridgehead atoms. The van der Waals surface area contributed by atoms with Crippen LogP contribution in [0, 0.1) is 5.82 Å². The Morgan fingerprint density at radius 1 is 1.11 bits per heavy atom. The minimum absolute atomic E-state index is 0.238. The van der Waals surface area contributed by atoms with E-state index in [1.54, 1.807) is 0 Å². The molecule has 0 unspecified atom stereocenters. The molecule has 0 saturated carbocycles. The van der Waals surface area contributed by atoms with Crippen molar-refractivity contribution in [2.45, 2.75) is 45.1 Å². The topological polar surface area (TPSA) is 108 Å². The van der Waals surface area contributed by atoms with Crippen molar-refractivity contribution in [3.05, 3.63) is 35.6 Å². The van der Waals surface area contributed by atoms with Gasteiger partial charge in [0.25, 0.3) is 17.7 Å². The van der Waals surface area contributed by atoms with Gasteiger partial charge in [-0.3, -0.25) is 30.1 Å². The monoisotopic (exact) mass is 378 g/mol. The molecule has 0 radical (unpaired) electrons. The molecule has 0 aliphatic carbocycles. The first-order valence-electron chi connectivity index (χ1n) is 8.82. The number of benzene rings is 1. The van der Waals surface area contributed by atoms with Gasteiger partial charge >= 0.3 is 6.03 Å². The third-order valence-corrected chi connectivity index (χ3v) is 4.34. The minimum Gasteiger partial charge on any atom is -0.323 e. The highest BCUT2D eigenvalue weighted by atomic mass is 19.1. The van der Waals surface area contributed by atoms with Crippen LogP contribution in [0.3, 0.4) is 0 Å². The lowest BCUT2D eigenvalue weighted by Crippen LogP contribution is -2.49. The van der Waals surface area contributed by atoms with Gasteiger partial charge in [0.1, 0.15) is 17.9 Å². The van der Waals surface area contributed by atoms with Gasteiger partial charge in [0.15, 0.2) is 0 Å². The highest BCUT2D eigenvalue weighted by Crippen LogP contribution is 2.27. The summed E-state index contributed by atoms with van der Waals surface area (Å²) in [4.78, 5) is 49.6. The van der Waals surface area contributed by atoms with E-state index in [1.165, 1.54) is 18.2 Å². The quantitative estimate of drug-likeness (QED) is 0.493. The molecular formula is C18H23FN4O4. The molecule has 0 atom stereocenters. The number of hydrazine groups is 1. The van der Waals surface area contributed by atoms with Gasteiger partial charge in [-0.2, -0.15) is 0 Å². The van der Waals surface area contributed by atoms with E-state index in [9.17, 15) is 23.6 Å². The second-order valence-electron chi connectivity index (χ2n) is 6.39. The van der Waals surface area contributed by atoms with Crippen LogP contribution in [0.25, 0.3) is 0 Å². The molecule has 1 aliphatic rings. The molecule has 1 aromatic rings. The van der Waals surface area contributed by atoms with Crippen LogP contribution in [0.1, 0.15) is 49.9 Å². The van der Waals surface area contributed by atoms with Crippen molar-refractivity contribution in [3.8, 4) is 0 Å². The lowest BCUT2D eigenvalue weighted by molar-refractivity contribution is -0.135. The van der Waals surface area contributed by atoms with Gasteiger partial charge in [0, 0.05) is 0 Å². The van der Waals surface area contributed by atoms with Crippen molar-refractivity contribution in [2.75, 3.05) is 6.54 Å². The van der Waals surface area contributed by atoms with Crippen molar-refractivity contribution in [1.82, 2.24) is 21.1 Å². The largest absolute Gasteiger partial charge is 0.325 e. The first-order valence-corrected chi connectivity index (χ1v) is 8.82. The van der Waals surface area contributed by atoms with Crippen LogP contribution in [-0.2, 0) is 9.59 Å². The Balaban J connectivity index is 1.97. The molecular weight excluding hydrogens is 355 g/mol. The van der Waals surface area contributed by atoms with Crippen LogP contribution in [0.15, 0.2) is 24.3 Å². The van der Waals surface area contributed by atoms with Crippen molar-refractivity contribution >= 4 is 23.8 Å². The molecule has 1 fully saturated rings. The number of nitrogens with zero attached hydrogens (tertiary/aromatic N) is 1. The van der Waals surface area contributed by atoms with Crippen molar-refractivity contribution in [1.29, 1.82) is 0 Å². The summed E-state index contributed by atoms with van der Waals surface area (Å²) in [5.41, 5.74) is 2.93. The minimum atomic E-state index is -0.989. The van der Waals surface area contributed by atoms with Crippen molar-refractivity contribution < 1.29 is 23.6 Å².